The molecule has 1 aliphatic heterocycles. The zero-order valence-corrected chi connectivity index (χ0v) is 18.5. The van der Waals surface area contributed by atoms with E-state index in [4.69, 9.17) is 9.47 Å². The number of nitrogens with zero attached hydrogens (tertiary/aromatic N) is 2. The summed E-state index contributed by atoms with van der Waals surface area (Å²) in [4.78, 5) is 28.7. The molecule has 1 heterocycles. The fourth-order valence-corrected chi connectivity index (χ4v) is 3.53. The first-order chi connectivity index (χ1) is 15.1. The minimum absolute atomic E-state index is 0.0102. The summed E-state index contributed by atoms with van der Waals surface area (Å²) in [6.07, 6.45) is 2.69. The lowest BCUT2D eigenvalue weighted by Gasteiger charge is -2.22. The van der Waals surface area contributed by atoms with Gasteiger partial charge in [-0.1, -0.05) is 38.1 Å². The first-order valence-corrected chi connectivity index (χ1v) is 11.1. The molecule has 0 bridgehead atoms. The minimum atomic E-state index is -0.0545. The lowest BCUT2D eigenvalue weighted by molar-refractivity contribution is -0.135. The third-order valence-electron chi connectivity index (χ3n) is 5.59. The smallest absolute Gasteiger partial charge is 0.260 e. The monoisotopic (exact) mass is 424 g/mol. The van der Waals surface area contributed by atoms with Gasteiger partial charge in [-0.15, -0.1) is 0 Å². The van der Waals surface area contributed by atoms with Crippen molar-refractivity contribution in [2.75, 3.05) is 39.4 Å². The molecule has 2 amide bonds. The van der Waals surface area contributed by atoms with E-state index in [2.05, 4.69) is 13.8 Å². The van der Waals surface area contributed by atoms with E-state index in [0.29, 0.717) is 37.7 Å². The summed E-state index contributed by atoms with van der Waals surface area (Å²) in [5.74, 6) is 1.28. The zero-order chi connectivity index (χ0) is 22.1. The largest absolute Gasteiger partial charge is 0.484 e. The fourth-order valence-electron chi connectivity index (χ4n) is 3.53. The fraction of sp³-hybridized carbons (Fsp3) is 0.440. The second-order valence-electron chi connectivity index (χ2n) is 7.69. The Morgan fingerprint density at radius 2 is 1.06 bits per heavy atom. The van der Waals surface area contributed by atoms with Crippen molar-refractivity contribution in [1.82, 2.24) is 9.80 Å². The number of hydrogen-bond donors (Lipinski definition) is 0. The van der Waals surface area contributed by atoms with E-state index in [1.54, 1.807) is 9.80 Å². The second kappa shape index (κ2) is 11.4. The Bertz CT molecular complexity index is 777. The summed E-state index contributed by atoms with van der Waals surface area (Å²) < 4.78 is 11.3. The van der Waals surface area contributed by atoms with E-state index in [0.717, 1.165) is 19.3 Å². The molecule has 166 valence electrons. The SMILES string of the molecule is CCc1ccc(OCC(=O)N2CCCN(C(=O)COc3ccc(CC)cc3)CC2)cc1. The molecule has 1 fully saturated rings. The van der Waals surface area contributed by atoms with Crippen LogP contribution in [0.5, 0.6) is 11.5 Å². The Balaban J connectivity index is 1.42. The first-order valence-electron chi connectivity index (χ1n) is 11.1. The van der Waals surface area contributed by atoms with E-state index in [1.165, 1.54) is 11.1 Å². The van der Waals surface area contributed by atoms with E-state index in [1.807, 2.05) is 48.5 Å². The van der Waals surface area contributed by atoms with Crippen molar-refractivity contribution in [2.45, 2.75) is 33.1 Å². The topological polar surface area (TPSA) is 59.1 Å². The van der Waals surface area contributed by atoms with Gasteiger partial charge in [-0.05, 0) is 54.7 Å². The average Bonchev–Trinajstić information content (AvgIpc) is 3.08. The third kappa shape index (κ3) is 6.74. The molecule has 6 heteroatoms. The van der Waals surface area contributed by atoms with Gasteiger partial charge in [0.1, 0.15) is 11.5 Å². The van der Waals surface area contributed by atoms with Gasteiger partial charge in [-0.3, -0.25) is 9.59 Å². The average molecular weight is 425 g/mol. The van der Waals surface area contributed by atoms with Crippen LogP contribution in [0, 0.1) is 0 Å². The molecule has 0 aliphatic carbocycles. The normalized spacial score (nSPS) is 14.1. The Morgan fingerprint density at radius 1 is 0.677 bits per heavy atom. The summed E-state index contributed by atoms with van der Waals surface area (Å²) in [5.41, 5.74) is 2.47. The van der Waals surface area contributed by atoms with Gasteiger partial charge in [0.15, 0.2) is 13.2 Å². The van der Waals surface area contributed by atoms with E-state index in [-0.39, 0.29) is 25.0 Å². The highest BCUT2D eigenvalue weighted by molar-refractivity contribution is 5.79. The van der Waals surface area contributed by atoms with Crippen molar-refractivity contribution >= 4 is 11.8 Å². The highest BCUT2D eigenvalue weighted by Gasteiger charge is 2.22. The van der Waals surface area contributed by atoms with Gasteiger partial charge in [0.2, 0.25) is 0 Å². The highest BCUT2D eigenvalue weighted by atomic mass is 16.5. The van der Waals surface area contributed by atoms with E-state index in [9.17, 15) is 9.59 Å². The third-order valence-corrected chi connectivity index (χ3v) is 5.59. The van der Waals surface area contributed by atoms with Gasteiger partial charge in [0, 0.05) is 26.2 Å². The summed E-state index contributed by atoms with van der Waals surface area (Å²) in [6.45, 7) is 6.49. The van der Waals surface area contributed by atoms with Crippen LogP contribution in [0.25, 0.3) is 0 Å². The lowest BCUT2D eigenvalue weighted by atomic mass is 10.2. The van der Waals surface area contributed by atoms with Crippen LogP contribution in [-0.4, -0.2) is 61.0 Å². The van der Waals surface area contributed by atoms with Crippen LogP contribution in [0.3, 0.4) is 0 Å². The summed E-state index contributed by atoms with van der Waals surface area (Å²) in [5, 5.41) is 0. The Kier molecular flexibility index (Phi) is 8.33. The summed E-state index contributed by atoms with van der Waals surface area (Å²) in [7, 11) is 0. The van der Waals surface area contributed by atoms with Crippen LogP contribution in [0.1, 0.15) is 31.4 Å². The molecule has 1 aliphatic rings. The number of carbonyl (C=O) groups excluding carboxylic acids is 2. The molecule has 3 rings (SSSR count). The van der Waals surface area contributed by atoms with Crippen LogP contribution in [0.15, 0.2) is 48.5 Å². The standard InChI is InChI=1S/C25H32N2O4/c1-3-20-6-10-22(11-7-20)30-18-24(28)26-14-5-15-27(17-16-26)25(29)19-31-23-12-8-21(4-2)9-13-23/h6-13H,3-5,14-19H2,1-2H3. The van der Waals surface area contributed by atoms with Gasteiger partial charge in [0.25, 0.3) is 11.8 Å². The maximum atomic E-state index is 12.6. The van der Waals surface area contributed by atoms with Gasteiger partial charge < -0.3 is 19.3 Å². The second-order valence-corrected chi connectivity index (χ2v) is 7.69. The number of rotatable bonds is 8. The van der Waals surface area contributed by atoms with E-state index < -0.39 is 0 Å². The van der Waals surface area contributed by atoms with Crippen molar-refractivity contribution in [3.05, 3.63) is 59.7 Å². The number of benzene rings is 2. The number of aryl methyl sites for hydroxylation is 2. The Morgan fingerprint density at radius 3 is 1.42 bits per heavy atom. The van der Waals surface area contributed by atoms with Crippen LogP contribution >= 0.6 is 0 Å². The molecule has 2 aromatic carbocycles. The predicted octanol–water partition coefficient (Wildman–Crippen LogP) is 3.33. The van der Waals surface area contributed by atoms with Gasteiger partial charge in [-0.2, -0.15) is 0 Å². The molecular formula is C25H32N2O4. The molecular weight excluding hydrogens is 392 g/mol. The maximum Gasteiger partial charge on any atom is 0.260 e. The van der Waals surface area contributed by atoms with Crippen LogP contribution in [0.4, 0.5) is 0 Å². The van der Waals surface area contributed by atoms with Crippen molar-refractivity contribution in [3.8, 4) is 11.5 Å². The maximum absolute atomic E-state index is 12.6. The minimum Gasteiger partial charge on any atom is -0.484 e. The van der Waals surface area contributed by atoms with Gasteiger partial charge in [0.05, 0.1) is 0 Å². The molecule has 0 aromatic heterocycles. The molecule has 0 saturated carbocycles. The molecule has 0 N–H and O–H groups in total. The molecule has 31 heavy (non-hydrogen) atoms. The predicted molar refractivity (Wildman–Crippen MR) is 120 cm³/mol. The molecule has 0 unspecified atom stereocenters. The van der Waals surface area contributed by atoms with Crippen LogP contribution < -0.4 is 9.47 Å². The van der Waals surface area contributed by atoms with Gasteiger partial charge >= 0.3 is 0 Å². The van der Waals surface area contributed by atoms with Gasteiger partial charge in [-0.25, -0.2) is 0 Å². The molecule has 0 radical (unpaired) electrons. The van der Waals surface area contributed by atoms with Crippen molar-refractivity contribution < 1.29 is 19.1 Å². The number of amides is 2. The van der Waals surface area contributed by atoms with Crippen molar-refractivity contribution in [3.63, 3.8) is 0 Å². The van der Waals surface area contributed by atoms with E-state index >= 15 is 0 Å². The number of ether oxygens (including phenoxy) is 2. The molecule has 1 saturated heterocycles. The Hall–Kier alpha value is -3.02. The zero-order valence-electron chi connectivity index (χ0n) is 18.5. The van der Waals surface area contributed by atoms with Crippen LogP contribution in [-0.2, 0) is 22.4 Å². The molecule has 0 atom stereocenters. The molecule has 6 nitrogen and oxygen atoms in total. The number of carbonyl (C=O) groups is 2. The quantitative estimate of drug-likeness (QED) is 0.652. The van der Waals surface area contributed by atoms with Crippen molar-refractivity contribution in [1.29, 1.82) is 0 Å². The summed E-state index contributed by atoms with van der Waals surface area (Å²) in [6, 6.07) is 15.6. The number of hydrogen-bond acceptors (Lipinski definition) is 4. The van der Waals surface area contributed by atoms with Crippen LogP contribution in [0.2, 0.25) is 0 Å². The van der Waals surface area contributed by atoms with Crippen molar-refractivity contribution in [2.24, 2.45) is 0 Å². The molecule has 0 spiro atoms. The summed E-state index contributed by atoms with van der Waals surface area (Å²) >= 11 is 0. The first kappa shape index (κ1) is 22.7. The highest BCUT2D eigenvalue weighted by Crippen LogP contribution is 2.14. The molecule has 2 aromatic rings. The Labute approximate surface area is 184 Å². The lowest BCUT2D eigenvalue weighted by Crippen LogP contribution is -2.40.